The number of primary amides is 1. The molecular weight excluding hydrogens is 148 g/mol. The van der Waals surface area contributed by atoms with Crippen LogP contribution in [0, 0.1) is 0 Å². The first kappa shape index (κ1) is 10.3. The van der Waals surface area contributed by atoms with Crippen LogP contribution in [0.3, 0.4) is 0 Å². The zero-order valence-electron chi connectivity index (χ0n) is 6.74. The van der Waals surface area contributed by atoms with Crippen molar-refractivity contribution in [2.45, 2.75) is 18.8 Å². The largest absolute Gasteiger partial charge is 0.370 e. The molecular formula is C6H14N2O3. The minimum atomic E-state index is -0.567. The van der Waals surface area contributed by atoms with Crippen LogP contribution in [0.5, 0.6) is 0 Å². The fraction of sp³-hybridized carbons (Fsp3) is 0.833. The van der Waals surface area contributed by atoms with Gasteiger partial charge in [0.15, 0.2) is 6.29 Å². The standard InChI is InChI=1S/C6H14N2O3/c1-10-6(11-2)4(7)3-5(8)9/h4,6H,3,7H2,1-2H3,(H2,8,9). The number of rotatable bonds is 5. The quantitative estimate of drug-likeness (QED) is 0.497. The smallest absolute Gasteiger partial charge is 0.219 e. The first-order valence-electron chi connectivity index (χ1n) is 3.21. The molecule has 0 rings (SSSR count). The normalized spacial score (nSPS) is 13.5. The van der Waals surface area contributed by atoms with E-state index in [2.05, 4.69) is 0 Å². The van der Waals surface area contributed by atoms with Crippen LogP contribution in [-0.2, 0) is 14.3 Å². The number of hydrogen-bond donors (Lipinski definition) is 2. The number of carbonyl (C=O) groups excluding carboxylic acids is 1. The number of nitrogens with two attached hydrogens (primary N) is 2. The van der Waals surface area contributed by atoms with Gasteiger partial charge in [0, 0.05) is 20.6 Å². The maximum absolute atomic E-state index is 10.4. The van der Waals surface area contributed by atoms with E-state index in [1.54, 1.807) is 0 Å². The fourth-order valence-corrected chi connectivity index (χ4v) is 0.774. The highest BCUT2D eigenvalue weighted by Gasteiger charge is 2.17. The number of hydrogen-bond acceptors (Lipinski definition) is 4. The van der Waals surface area contributed by atoms with Gasteiger partial charge in [-0.1, -0.05) is 0 Å². The number of carbonyl (C=O) groups is 1. The number of amides is 1. The topological polar surface area (TPSA) is 87.6 Å². The Morgan fingerprint density at radius 2 is 1.91 bits per heavy atom. The zero-order chi connectivity index (χ0) is 8.85. The van der Waals surface area contributed by atoms with Gasteiger partial charge in [0.1, 0.15) is 0 Å². The van der Waals surface area contributed by atoms with E-state index in [1.807, 2.05) is 0 Å². The van der Waals surface area contributed by atoms with Gasteiger partial charge in [0.2, 0.25) is 5.91 Å². The summed E-state index contributed by atoms with van der Waals surface area (Å²) in [7, 11) is 2.91. The van der Waals surface area contributed by atoms with E-state index >= 15 is 0 Å². The average molecular weight is 162 g/mol. The molecule has 0 saturated carbocycles. The second-order valence-corrected chi connectivity index (χ2v) is 2.17. The summed E-state index contributed by atoms with van der Waals surface area (Å²) in [6.07, 6.45) is -0.505. The lowest BCUT2D eigenvalue weighted by atomic mass is 10.2. The summed E-state index contributed by atoms with van der Waals surface area (Å²) in [6, 6.07) is -0.498. The first-order chi connectivity index (χ1) is 5.11. The van der Waals surface area contributed by atoms with Gasteiger partial charge in [-0.05, 0) is 0 Å². The summed E-state index contributed by atoms with van der Waals surface area (Å²) < 4.78 is 9.61. The molecule has 0 saturated heterocycles. The van der Waals surface area contributed by atoms with Gasteiger partial charge in [0.05, 0.1) is 6.04 Å². The van der Waals surface area contributed by atoms with Crippen LogP contribution in [0.1, 0.15) is 6.42 Å². The van der Waals surface area contributed by atoms with Gasteiger partial charge in [-0.3, -0.25) is 4.79 Å². The molecule has 0 aliphatic rings. The molecule has 5 nitrogen and oxygen atoms in total. The summed E-state index contributed by atoms with van der Waals surface area (Å²) in [4.78, 5) is 10.4. The van der Waals surface area contributed by atoms with E-state index in [-0.39, 0.29) is 6.42 Å². The van der Waals surface area contributed by atoms with E-state index in [4.69, 9.17) is 20.9 Å². The van der Waals surface area contributed by atoms with Crippen molar-refractivity contribution >= 4 is 5.91 Å². The van der Waals surface area contributed by atoms with Crippen molar-refractivity contribution in [1.82, 2.24) is 0 Å². The molecule has 0 aliphatic heterocycles. The molecule has 0 spiro atoms. The fourth-order valence-electron chi connectivity index (χ4n) is 0.774. The van der Waals surface area contributed by atoms with E-state index in [9.17, 15) is 4.79 Å². The van der Waals surface area contributed by atoms with Crippen molar-refractivity contribution in [2.24, 2.45) is 11.5 Å². The van der Waals surface area contributed by atoms with Crippen molar-refractivity contribution in [2.75, 3.05) is 14.2 Å². The summed E-state index contributed by atoms with van der Waals surface area (Å²) in [5, 5.41) is 0. The minimum Gasteiger partial charge on any atom is -0.370 e. The Morgan fingerprint density at radius 1 is 1.45 bits per heavy atom. The maximum Gasteiger partial charge on any atom is 0.219 e. The zero-order valence-corrected chi connectivity index (χ0v) is 6.74. The van der Waals surface area contributed by atoms with Crippen molar-refractivity contribution in [3.05, 3.63) is 0 Å². The molecule has 11 heavy (non-hydrogen) atoms. The van der Waals surface area contributed by atoms with Crippen molar-refractivity contribution < 1.29 is 14.3 Å². The molecule has 0 aromatic heterocycles. The Morgan fingerprint density at radius 3 is 2.18 bits per heavy atom. The summed E-state index contributed by atoms with van der Waals surface area (Å²) in [5.41, 5.74) is 10.4. The van der Waals surface area contributed by atoms with Crippen LogP contribution in [0.15, 0.2) is 0 Å². The van der Waals surface area contributed by atoms with Crippen molar-refractivity contribution in [3.63, 3.8) is 0 Å². The predicted molar refractivity (Wildman–Crippen MR) is 39.6 cm³/mol. The van der Waals surface area contributed by atoms with Crippen LogP contribution in [0.2, 0.25) is 0 Å². The second kappa shape index (κ2) is 5.06. The maximum atomic E-state index is 10.4. The highest BCUT2D eigenvalue weighted by Crippen LogP contribution is 1.99. The van der Waals surface area contributed by atoms with Crippen molar-refractivity contribution in [3.8, 4) is 0 Å². The predicted octanol–water partition coefficient (Wildman–Crippen LogP) is -1.19. The van der Waals surface area contributed by atoms with Crippen LogP contribution in [0.4, 0.5) is 0 Å². The molecule has 0 bridgehead atoms. The molecule has 1 atom stereocenters. The number of methoxy groups -OCH3 is 2. The van der Waals surface area contributed by atoms with Crippen LogP contribution >= 0.6 is 0 Å². The summed E-state index contributed by atoms with van der Waals surface area (Å²) >= 11 is 0. The Kier molecular flexibility index (Phi) is 4.76. The monoisotopic (exact) mass is 162 g/mol. The first-order valence-corrected chi connectivity index (χ1v) is 3.21. The average Bonchev–Trinajstić information content (AvgIpc) is 1.88. The second-order valence-electron chi connectivity index (χ2n) is 2.17. The van der Waals surface area contributed by atoms with Gasteiger partial charge in [-0.2, -0.15) is 0 Å². The van der Waals surface area contributed by atoms with Gasteiger partial charge >= 0.3 is 0 Å². The highest BCUT2D eigenvalue weighted by molar-refractivity contribution is 5.74. The highest BCUT2D eigenvalue weighted by atomic mass is 16.7. The van der Waals surface area contributed by atoms with Gasteiger partial charge in [-0.25, -0.2) is 0 Å². The third-order valence-electron chi connectivity index (χ3n) is 1.25. The van der Waals surface area contributed by atoms with Crippen LogP contribution in [-0.4, -0.2) is 32.5 Å². The molecule has 5 heteroatoms. The third-order valence-corrected chi connectivity index (χ3v) is 1.25. The van der Waals surface area contributed by atoms with Crippen LogP contribution in [0.25, 0.3) is 0 Å². The van der Waals surface area contributed by atoms with E-state index in [1.165, 1.54) is 14.2 Å². The SMILES string of the molecule is COC(OC)C(N)CC(N)=O. The molecule has 66 valence electrons. The van der Waals surface area contributed by atoms with Gasteiger partial charge in [0.25, 0.3) is 0 Å². The molecule has 0 aliphatic carbocycles. The van der Waals surface area contributed by atoms with E-state index in [0.29, 0.717) is 0 Å². The molecule has 4 N–H and O–H groups in total. The Bertz CT molecular complexity index is 125. The molecule has 1 unspecified atom stereocenters. The lowest BCUT2D eigenvalue weighted by Gasteiger charge is -2.19. The summed E-state index contributed by atoms with van der Waals surface area (Å²) in [5.74, 6) is -0.461. The van der Waals surface area contributed by atoms with Gasteiger partial charge in [-0.15, -0.1) is 0 Å². The molecule has 1 amide bonds. The Balaban J connectivity index is 3.78. The lowest BCUT2D eigenvalue weighted by Crippen LogP contribution is -2.40. The molecule has 0 radical (unpaired) electrons. The van der Waals surface area contributed by atoms with E-state index < -0.39 is 18.2 Å². The molecule has 0 heterocycles. The Labute approximate surface area is 65.6 Å². The van der Waals surface area contributed by atoms with Gasteiger partial charge < -0.3 is 20.9 Å². The lowest BCUT2D eigenvalue weighted by molar-refractivity contribution is -0.130. The third kappa shape index (κ3) is 3.92. The molecule has 0 aromatic carbocycles. The molecule has 0 aromatic rings. The summed E-state index contributed by atoms with van der Waals surface area (Å²) in [6.45, 7) is 0. The van der Waals surface area contributed by atoms with E-state index in [0.717, 1.165) is 0 Å². The molecule has 0 fully saturated rings. The number of ether oxygens (including phenoxy) is 2. The minimum absolute atomic E-state index is 0.0619. The van der Waals surface area contributed by atoms with Crippen LogP contribution < -0.4 is 11.5 Å². The Hall–Kier alpha value is -0.650. The van der Waals surface area contributed by atoms with Crippen molar-refractivity contribution in [1.29, 1.82) is 0 Å².